The van der Waals surface area contributed by atoms with E-state index in [9.17, 15) is 4.79 Å². The highest BCUT2D eigenvalue weighted by Crippen LogP contribution is 2.14. The average molecular weight is 546 g/mol. The number of amides is 1. The van der Waals surface area contributed by atoms with E-state index in [1.165, 1.54) is 4.90 Å². The van der Waals surface area contributed by atoms with Crippen LogP contribution in [-0.4, -0.2) is 55.5 Å². The van der Waals surface area contributed by atoms with Gasteiger partial charge in [-0.2, -0.15) is 0 Å². The third-order valence-electron chi connectivity index (χ3n) is 4.02. The summed E-state index contributed by atoms with van der Waals surface area (Å²) in [6, 6.07) is 11.4. The maximum atomic E-state index is 11.7. The average Bonchev–Trinajstić information content (AvgIpc) is 2.72. The molecule has 1 aromatic carbocycles. The first kappa shape index (κ1) is 26.0. The molecule has 0 unspecified atom stereocenters. The van der Waals surface area contributed by atoms with Gasteiger partial charge in [0.25, 0.3) is 5.91 Å². The number of rotatable bonds is 9. The first-order valence-electron chi connectivity index (χ1n) is 9.52. The molecular weight excluding hydrogens is 517 g/mol. The number of ether oxygens (including phenoxy) is 1. The number of nitrogens with zero attached hydrogens (tertiary/aromatic N) is 3. The van der Waals surface area contributed by atoms with Crippen LogP contribution in [-0.2, 0) is 17.8 Å². The number of nitrogens with one attached hydrogen (secondary N) is 2. The van der Waals surface area contributed by atoms with E-state index in [-0.39, 0.29) is 36.5 Å². The fraction of sp³-hybridized carbons (Fsp3) is 0.381. The van der Waals surface area contributed by atoms with Gasteiger partial charge in [-0.15, -0.1) is 24.0 Å². The fourth-order valence-electron chi connectivity index (χ4n) is 2.40. The number of benzene rings is 1. The van der Waals surface area contributed by atoms with Crippen molar-refractivity contribution in [2.24, 2.45) is 4.99 Å². The molecule has 9 heteroatoms. The van der Waals surface area contributed by atoms with Crippen LogP contribution in [0.4, 0.5) is 0 Å². The molecule has 0 saturated carbocycles. The molecule has 0 aliphatic heterocycles. The van der Waals surface area contributed by atoms with Crippen molar-refractivity contribution in [3.8, 4) is 5.75 Å². The number of pyridine rings is 1. The summed E-state index contributed by atoms with van der Waals surface area (Å²) < 4.78 is 5.56. The lowest BCUT2D eigenvalue weighted by molar-refractivity contribution is -0.130. The summed E-state index contributed by atoms with van der Waals surface area (Å²) in [4.78, 5) is 21.9. The van der Waals surface area contributed by atoms with E-state index in [0.29, 0.717) is 17.4 Å². The Morgan fingerprint density at radius 2 is 2.00 bits per heavy atom. The Balaban J connectivity index is 0.00000450. The smallest absolute Gasteiger partial charge is 0.259 e. The van der Waals surface area contributed by atoms with Crippen LogP contribution >= 0.6 is 35.6 Å². The van der Waals surface area contributed by atoms with Gasteiger partial charge in [0.2, 0.25) is 0 Å². The second kappa shape index (κ2) is 14.0. The molecule has 1 aromatic heterocycles. The SMILES string of the molecule is CCNC(=NCc1cccc(OCC(=O)N(C)C)c1)NCCc1ccc(Cl)nc1.I. The normalized spacial score (nSPS) is 10.7. The molecule has 2 rings (SSSR count). The zero-order valence-electron chi connectivity index (χ0n) is 17.5. The summed E-state index contributed by atoms with van der Waals surface area (Å²) in [5.41, 5.74) is 2.11. The second-order valence-electron chi connectivity index (χ2n) is 6.59. The van der Waals surface area contributed by atoms with Gasteiger partial charge in [0, 0.05) is 33.4 Å². The molecule has 0 aliphatic carbocycles. The number of aromatic nitrogens is 1. The van der Waals surface area contributed by atoms with Gasteiger partial charge in [-0.05, 0) is 42.7 Å². The maximum absolute atomic E-state index is 11.7. The highest BCUT2D eigenvalue weighted by atomic mass is 127. The number of likely N-dealkylation sites (N-methyl/N-ethyl adjacent to an activating group) is 1. The van der Waals surface area contributed by atoms with E-state index in [2.05, 4.69) is 20.6 Å². The van der Waals surface area contributed by atoms with Crippen molar-refractivity contribution in [1.82, 2.24) is 20.5 Å². The Labute approximate surface area is 200 Å². The van der Waals surface area contributed by atoms with E-state index < -0.39 is 0 Å². The Hall–Kier alpha value is -2.07. The molecule has 2 aromatic rings. The van der Waals surface area contributed by atoms with Crippen LogP contribution < -0.4 is 15.4 Å². The van der Waals surface area contributed by atoms with Gasteiger partial charge in [0.1, 0.15) is 10.9 Å². The van der Waals surface area contributed by atoms with Crippen LogP contribution in [0, 0.1) is 0 Å². The number of hydrogen-bond acceptors (Lipinski definition) is 4. The van der Waals surface area contributed by atoms with E-state index in [1.54, 1.807) is 26.4 Å². The minimum atomic E-state index is -0.0806. The predicted octanol–water partition coefficient (Wildman–Crippen LogP) is 3.12. The number of carbonyl (C=O) groups excluding carboxylic acids is 1. The molecule has 7 nitrogen and oxygen atoms in total. The summed E-state index contributed by atoms with van der Waals surface area (Å²) >= 11 is 5.81. The Bertz CT molecular complexity index is 815. The van der Waals surface area contributed by atoms with Crippen LogP contribution in [0.15, 0.2) is 47.6 Å². The molecular formula is C21H29ClIN5O2. The molecule has 0 aliphatic rings. The quantitative estimate of drug-likeness (QED) is 0.219. The minimum absolute atomic E-state index is 0. The van der Waals surface area contributed by atoms with E-state index in [4.69, 9.17) is 16.3 Å². The third kappa shape index (κ3) is 9.62. The van der Waals surface area contributed by atoms with Crippen molar-refractivity contribution in [3.63, 3.8) is 0 Å². The molecule has 1 amide bonds. The van der Waals surface area contributed by atoms with Gasteiger partial charge in [-0.1, -0.05) is 29.8 Å². The lowest BCUT2D eigenvalue weighted by Crippen LogP contribution is -2.38. The Morgan fingerprint density at radius 3 is 2.67 bits per heavy atom. The molecule has 0 bridgehead atoms. The first-order valence-corrected chi connectivity index (χ1v) is 9.90. The third-order valence-corrected chi connectivity index (χ3v) is 4.24. The van der Waals surface area contributed by atoms with Crippen molar-refractivity contribution in [1.29, 1.82) is 0 Å². The predicted molar refractivity (Wildman–Crippen MR) is 132 cm³/mol. The lowest BCUT2D eigenvalue weighted by Gasteiger charge is -2.12. The number of halogens is 2. The van der Waals surface area contributed by atoms with Crippen LogP contribution in [0.2, 0.25) is 5.15 Å². The summed E-state index contributed by atoms with van der Waals surface area (Å²) in [5, 5.41) is 7.05. The highest BCUT2D eigenvalue weighted by Gasteiger charge is 2.05. The highest BCUT2D eigenvalue weighted by molar-refractivity contribution is 14.0. The van der Waals surface area contributed by atoms with Crippen molar-refractivity contribution >= 4 is 47.4 Å². The number of guanidine groups is 1. The van der Waals surface area contributed by atoms with Crippen LogP contribution in [0.3, 0.4) is 0 Å². The van der Waals surface area contributed by atoms with E-state index in [0.717, 1.165) is 36.6 Å². The Kier molecular flexibility index (Phi) is 12.1. The van der Waals surface area contributed by atoms with Crippen LogP contribution in [0.1, 0.15) is 18.1 Å². The molecule has 2 N–H and O–H groups in total. The number of hydrogen-bond donors (Lipinski definition) is 2. The molecule has 0 atom stereocenters. The zero-order valence-corrected chi connectivity index (χ0v) is 20.6. The summed E-state index contributed by atoms with van der Waals surface area (Å²) in [6.07, 6.45) is 2.60. The van der Waals surface area contributed by atoms with Crippen molar-refractivity contribution in [2.75, 3.05) is 33.8 Å². The van der Waals surface area contributed by atoms with Crippen LogP contribution in [0.5, 0.6) is 5.75 Å². The van der Waals surface area contributed by atoms with Gasteiger partial charge < -0.3 is 20.3 Å². The maximum Gasteiger partial charge on any atom is 0.259 e. The molecule has 0 spiro atoms. The molecule has 0 fully saturated rings. The largest absolute Gasteiger partial charge is 0.484 e. The van der Waals surface area contributed by atoms with Gasteiger partial charge >= 0.3 is 0 Å². The van der Waals surface area contributed by atoms with Gasteiger partial charge in [0.05, 0.1) is 6.54 Å². The van der Waals surface area contributed by atoms with Crippen molar-refractivity contribution in [3.05, 3.63) is 58.9 Å². The fourth-order valence-corrected chi connectivity index (χ4v) is 2.51. The molecule has 30 heavy (non-hydrogen) atoms. The first-order chi connectivity index (χ1) is 14.0. The summed E-state index contributed by atoms with van der Waals surface area (Å²) in [6.45, 7) is 4.03. The lowest BCUT2D eigenvalue weighted by atomic mass is 10.2. The van der Waals surface area contributed by atoms with Crippen molar-refractivity contribution in [2.45, 2.75) is 19.9 Å². The topological polar surface area (TPSA) is 78.9 Å². The molecule has 164 valence electrons. The minimum Gasteiger partial charge on any atom is -0.484 e. The molecule has 1 heterocycles. The Morgan fingerprint density at radius 1 is 1.20 bits per heavy atom. The molecule has 0 radical (unpaired) electrons. The molecule has 0 saturated heterocycles. The van der Waals surface area contributed by atoms with Gasteiger partial charge in [0.15, 0.2) is 12.6 Å². The van der Waals surface area contributed by atoms with E-state index >= 15 is 0 Å². The van der Waals surface area contributed by atoms with Gasteiger partial charge in [-0.3, -0.25) is 4.79 Å². The van der Waals surface area contributed by atoms with Crippen LogP contribution in [0.25, 0.3) is 0 Å². The van der Waals surface area contributed by atoms with Crippen molar-refractivity contribution < 1.29 is 9.53 Å². The standard InChI is InChI=1S/C21H28ClN5O2.HI/c1-4-23-21(24-11-10-16-8-9-19(22)25-13-16)26-14-17-6-5-7-18(12-17)29-15-20(28)27(2)3;/h5-9,12-13H,4,10-11,14-15H2,1-3H3,(H2,23,24,26);1H. The number of aliphatic imine (C=N–C) groups is 1. The van der Waals surface area contributed by atoms with E-state index in [1.807, 2.05) is 37.3 Å². The summed E-state index contributed by atoms with van der Waals surface area (Å²) in [5.74, 6) is 1.31. The zero-order chi connectivity index (χ0) is 21.1. The monoisotopic (exact) mass is 545 g/mol. The second-order valence-corrected chi connectivity index (χ2v) is 6.97. The van der Waals surface area contributed by atoms with Gasteiger partial charge in [-0.25, -0.2) is 9.98 Å². The summed E-state index contributed by atoms with van der Waals surface area (Å²) in [7, 11) is 3.41. The number of carbonyl (C=O) groups is 1.